The maximum absolute atomic E-state index is 5.53. The minimum Gasteiger partial charge on any atom is -0.384 e. The van der Waals surface area contributed by atoms with Gasteiger partial charge < -0.3 is 14.6 Å². The molecule has 0 spiro atoms. The van der Waals surface area contributed by atoms with E-state index in [9.17, 15) is 0 Å². The first kappa shape index (κ1) is 13.2. The summed E-state index contributed by atoms with van der Waals surface area (Å²) in [7, 11) is 1.75. The molecule has 20 heavy (non-hydrogen) atoms. The third-order valence-corrected chi connectivity index (χ3v) is 3.94. The van der Waals surface area contributed by atoms with Gasteiger partial charge in [-0.05, 0) is 25.8 Å². The van der Waals surface area contributed by atoms with Gasteiger partial charge in [-0.1, -0.05) is 18.2 Å². The summed E-state index contributed by atoms with van der Waals surface area (Å²) in [6, 6.07) is 6.48. The van der Waals surface area contributed by atoms with Crippen molar-refractivity contribution in [1.29, 1.82) is 0 Å². The van der Waals surface area contributed by atoms with Gasteiger partial charge >= 0.3 is 0 Å². The van der Waals surface area contributed by atoms with Crippen LogP contribution >= 0.6 is 0 Å². The Kier molecular flexibility index (Phi) is 3.26. The van der Waals surface area contributed by atoms with Crippen LogP contribution in [0, 0.1) is 0 Å². The summed E-state index contributed by atoms with van der Waals surface area (Å²) in [6.45, 7) is 5.97. The van der Waals surface area contributed by atoms with E-state index in [2.05, 4.69) is 46.9 Å². The van der Waals surface area contributed by atoms with Crippen LogP contribution in [0.5, 0.6) is 0 Å². The summed E-state index contributed by atoms with van der Waals surface area (Å²) >= 11 is 0. The number of hydrogen-bond donors (Lipinski definition) is 1. The number of methoxy groups -OCH3 is 1. The Balaban J connectivity index is 2.00. The predicted molar refractivity (Wildman–Crippen MR) is 80.9 cm³/mol. The second-order valence-corrected chi connectivity index (χ2v) is 5.89. The van der Waals surface area contributed by atoms with Crippen molar-refractivity contribution < 1.29 is 4.74 Å². The normalized spacial score (nSPS) is 14.2. The lowest BCUT2D eigenvalue weighted by atomic mass is 10.0. The summed E-state index contributed by atoms with van der Waals surface area (Å²) in [5.41, 5.74) is 4.80. The van der Waals surface area contributed by atoms with Gasteiger partial charge in [0.05, 0.1) is 30.4 Å². The Labute approximate surface area is 119 Å². The van der Waals surface area contributed by atoms with Crippen LogP contribution in [0.2, 0.25) is 0 Å². The van der Waals surface area contributed by atoms with E-state index >= 15 is 0 Å². The van der Waals surface area contributed by atoms with Gasteiger partial charge in [0.2, 0.25) is 0 Å². The van der Waals surface area contributed by atoms with E-state index < -0.39 is 0 Å². The molecular weight excluding hydrogens is 250 g/mol. The van der Waals surface area contributed by atoms with Crippen LogP contribution in [0.3, 0.4) is 0 Å². The number of nitrogens with zero attached hydrogens (tertiary/aromatic N) is 2. The molecule has 0 amide bonds. The van der Waals surface area contributed by atoms with Crippen molar-refractivity contribution in [3.63, 3.8) is 0 Å². The summed E-state index contributed by atoms with van der Waals surface area (Å²) in [5.74, 6) is 0. The minimum absolute atomic E-state index is 0.208. The minimum atomic E-state index is -0.208. The lowest BCUT2D eigenvalue weighted by Crippen LogP contribution is -2.29. The predicted octanol–water partition coefficient (Wildman–Crippen LogP) is 2.94. The fourth-order valence-electron chi connectivity index (χ4n) is 2.70. The number of imidazole rings is 1. The summed E-state index contributed by atoms with van der Waals surface area (Å²) in [4.78, 5) is 4.32. The summed E-state index contributed by atoms with van der Waals surface area (Å²) < 4.78 is 7.70. The number of fused-ring (bicyclic) bond motifs is 1. The van der Waals surface area contributed by atoms with Gasteiger partial charge in [-0.2, -0.15) is 0 Å². The number of para-hydroxylation sites is 1. The van der Waals surface area contributed by atoms with E-state index in [0.29, 0.717) is 0 Å². The lowest BCUT2D eigenvalue weighted by molar-refractivity contribution is 0.00848. The van der Waals surface area contributed by atoms with Crippen molar-refractivity contribution in [2.45, 2.75) is 32.4 Å². The van der Waals surface area contributed by atoms with Crippen LogP contribution in [0.1, 0.15) is 19.4 Å². The molecule has 0 bridgehead atoms. The Morgan fingerprint density at radius 1 is 1.40 bits per heavy atom. The zero-order chi connectivity index (χ0) is 14.2. The van der Waals surface area contributed by atoms with Gasteiger partial charge in [0.15, 0.2) is 0 Å². The van der Waals surface area contributed by atoms with E-state index in [4.69, 9.17) is 4.74 Å². The zero-order valence-electron chi connectivity index (χ0n) is 12.3. The van der Waals surface area contributed by atoms with Crippen LogP contribution in [0.15, 0.2) is 30.7 Å². The van der Waals surface area contributed by atoms with Crippen molar-refractivity contribution in [3.05, 3.63) is 36.3 Å². The summed E-state index contributed by atoms with van der Waals surface area (Å²) in [5, 5.41) is 3.49. The third kappa shape index (κ3) is 2.31. The van der Waals surface area contributed by atoms with Gasteiger partial charge in [-0.15, -0.1) is 0 Å². The Morgan fingerprint density at radius 3 is 3.05 bits per heavy atom. The van der Waals surface area contributed by atoms with Crippen LogP contribution in [-0.2, 0) is 17.7 Å². The van der Waals surface area contributed by atoms with Gasteiger partial charge in [0.1, 0.15) is 0 Å². The first-order chi connectivity index (χ1) is 9.61. The van der Waals surface area contributed by atoms with Crippen molar-refractivity contribution in [3.8, 4) is 11.3 Å². The van der Waals surface area contributed by atoms with E-state index in [1.165, 1.54) is 16.8 Å². The standard InChI is InChI=1S/C16H21N3O/c1-16(2,20-3)10-19-11-17-9-14(19)13-6-4-5-12-7-8-18-15(12)13/h4-6,9,11,18H,7-8,10H2,1-3H3. The number of rotatable bonds is 4. The molecule has 1 aliphatic rings. The quantitative estimate of drug-likeness (QED) is 0.929. The molecule has 1 aromatic heterocycles. The molecule has 0 fully saturated rings. The highest BCUT2D eigenvalue weighted by Crippen LogP contribution is 2.34. The topological polar surface area (TPSA) is 39.1 Å². The molecule has 2 aromatic rings. The number of anilines is 1. The van der Waals surface area contributed by atoms with Crippen molar-refractivity contribution in [1.82, 2.24) is 9.55 Å². The second-order valence-electron chi connectivity index (χ2n) is 5.89. The average Bonchev–Trinajstić information content (AvgIpc) is 3.06. The molecule has 0 unspecified atom stereocenters. The molecular formula is C16H21N3O. The zero-order valence-corrected chi connectivity index (χ0v) is 12.3. The summed E-state index contributed by atoms with van der Waals surface area (Å²) in [6.07, 6.45) is 4.91. The molecule has 1 aromatic carbocycles. The molecule has 106 valence electrons. The number of nitrogens with one attached hydrogen (secondary N) is 1. The van der Waals surface area contributed by atoms with Crippen molar-refractivity contribution in [2.75, 3.05) is 19.0 Å². The maximum atomic E-state index is 5.53. The van der Waals surface area contributed by atoms with Crippen LogP contribution in [0.4, 0.5) is 5.69 Å². The number of benzene rings is 1. The second kappa shape index (κ2) is 4.94. The molecule has 0 saturated carbocycles. The van der Waals surface area contributed by atoms with Gasteiger partial charge in [0, 0.05) is 24.9 Å². The number of aromatic nitrogens is 2. The molecule has 0 saturated heterocycles. The fourth-order valence-corrected chi connectivity index (χ4v) is 2.70. The van der Waals surface area contributed by atoms with E-state index in [1.807, 2.05) is 12.5 Å². The first-order valence-corrected chi connectivity index (χ1v) is 7.02. The van der Waals surface area contributed by atoms with Crippen molar-refractivity contribution in [2.24, 2.45) is 0 Å². The van der Waals surface area contributed by atoms with Gasteiger partial charge in [-0.3, -0.25) is 0 Å². The molecule has 3 rings (SSSR count). The number of ether oxygens (including phenoxy) is 1. The van der Waals surface area contributed by atoms with E-state index in [-0.39, 0.29) is 5.60 Å². The SMILES string of the molecule is COC(C)(C)Cn1cncc1-c1cccc2c1NCC2. The highest BCUT2D eigenvalue weighted by molar-refractivity contribution is 5.79. The van der Waals surface area contributed by atoms with E-state index in [1.54, 1.807) is 7.11 Å². The average molecular weight is 271 g/mol. The van der Waals surface area contributed by atoms with Gasteiger partial charge in [-0.25, -0.2) is 4.98 Å². The fraction of sp³-hybridized carbons (Fsp3) is 0.438. The molecule has 0 atom stereocenters. The molecule has 2 heterocycles. The smallest absolute Gasteiger partial charge is 0.0951 e. The maximum Gasteiger partial charge on any atom is 0.0951 e. The molecule has 4 heteroatoms. The molecule has 1 N–H and O–H groups in total. The Bertz CT molecular complexity index is 616. The molecule has 0 radical (unpaired) electrons. The highest BCUT2D eigenvalue weighted by atomic mass is 16.5. The lowest BCUT2D eigenvalue weighted by Gasteiger charge is -2.24. The largest absolute Gasteiger partial charge is 0.384 e. The van der Waals surface area contributed by atoms with Crippen LogP contribution < -0.4 is 5.32 Å². The van der Waals surface area contributed by atoms with Crippen LogP contribution in [0.25, 0.3) is 11.3 Å². The van der Waals surface area contributed by atoms with Crippen molar-refractivity contribution >= 4 is 5.69 Å². The Hall–Kier alpha value is -1.81. The molecule has 1 aliphatic heterocycles. The Morgan fingerprint density at radius 2 is 2.25 bits per heavy atom. The third-order valence-electron chi connectivity index (χ3n) is 3.94. The molecule has 4 nitrogen and oxygen atoms in total. The number of hydrogen-bond acceptors (Lipinski definition) is 3. The van der Waals surface area contributed by atoms with E-state index in [0.717, 1.165) is 25.2 Å². The van der Waals surface area contributed by atoms with Crippen LogP contribution in [-0.4, -0.2) is 28.8 Å². The highest BCUT2D eigenvalue weighted by Gasteiger charge is 2.21. The molecule has 0 aliphatic carbocycles. The first-order valence-electron chi connectivity index (χ1n) is 7.02. The van der Waals surface area contributed by atoms with Gasteiger partial charge in [0.25, 0.3) is 0 Å². The monoisotopic (exact) mass is 271 g/mol.